The monoisotopic (exact) mass is 394 g/mol. The third kappa shape index (κ3) is 3.46. The molecule has 0 aliphatic rings. The smallest absolute Gasteiger partial charge is 0.193 e. The van der Waals surface area contributed by atoms with Gasteiger partial charge in [-0.25, -0.2) is 0 Å². The predicted molar refractivity (Wildman–Crippen MR) is 94.3 cm³/mol. The van der Waals surface area contributed by atoms with Crippen LogP contribution in [-0.4, -0.2) is 12.9 Å². The minimum Gasteiger partial charge on any atom is -0.495 e. The lowest BCUT2D eigenvalue weighted by Crippen LogP contribution is -2.15. The number of methoxy groups -OCH3 is 1. The highest BCUT2D eigenvalue weighted by Crippen LogP contribution is 2.36. The highest BCUT2D eigenvalue weighted by Gasteiger charge is 2.23. The van der Waals surface area contributed by atoms with Crippen molar-refractivity contribution in [1.82, 2.24) is 0 Å². The van der Waals surface area contributed by atoms with Gasteiger partial charge in [0.05, 0.1) is 10.7 Å². The van der Waals surface area contributed by atoms with Crippen LogP contribution in [0, 0.1) is 3.57 Å². The molecule has 0 spiro atoms. The van der Waals surface area contributed by atoms with Crippen LogP contribution >= 0.6 is 22.6 Å². The summed E-state index contributed by atoms with van der Waals surface area (Å²) in [5.41, 5.74) is 2.38. The van der Waals surface area contributed by atoms with Crippen LogP contribution in [0.15, 0.2) is 42.5 Å². The Labute approximate surface area is 139 Å². The molecule has 0 atom stereocenters. The van der Waals surface area contributed by atoms with Crippen LogP contribution in [-0.2, 0) is 5.41 Å². The fourth-order valence-corrected chi connectivity index (χ4v) is 3.09. The molecule has 0 aromatic heterocycles. The standard InChI is InChI=1S/C18H19IO2/c1-18(2,3)14-10-13(11-15(19)17(14)21-4)16(20)12-8-6-5-7-9-12/h5-11H,1-4H3. The molecular formula is C18H19IO2. The number of ketones is 1. The number of halogens is 1. The average Bonchev–Trinajstić information content (AvgIpc) is 2.45. The number of benzene rings is 2. The van der Waals surface area contributed by atoms with Gasteiger partial charge in [-0.2, -0.15) is 0 Å². The van der Waals surface area contributed by atoms with E-state index in [1.54, 1.807) is 7.11 Å². The Morgan fingerprint density at radius 2 is 1.67 bits per heavy atom. The molecule has 2 nitrogen and oxygen atoms in total. The molecule has 2 rings (SSSR count). The number of carbonyl (C=O) groups excluding carboxylic acids is 1. The average molecular weight is 394 g/mol. The van der Waals surface area contributed by atoms with E-state index in [0.29, 0.717) is 11.1 Å². The maximum absolute atomic E-state index is 12.6. The normalized spacial score (nSPS) is 11.3. The largest absolute Gasteiger partial charge is 0.495 e. The van der Waals surface area contributed by atoms with E-state index >= 15 is 0 Å². The molecule has 0 unspecified atom stereocenters. The third-order valence-electron chi connectivity index (χ3n) is 3.35. The molecule has 3 heteroatoms. The van der Waals surface area contributed by atoms with Crippen molar-refractivity contribution in [3.63, 3.8) is 0 Å². The molecule has 0 fully saturated rings. The van der Waals surface area contributed by atoms with Gasteiger partial charge in [-0.05, 0) is 40.1 Å². The third-order valence-corrected chi connectivity index (χ3v) is 4.16. The van der Waals surface area contributed by atoms with Gasteiger partial charge in [0, 0.05) is 16.7 Å². The molecule has 0 N–H and O–H groups in total. The van der Waals surface area contributed by atoms with Crippen LogP contribution in [0.25, 0.3) is 0 Å². The summed E-state index contributed by atoms with van der Waals surface area (Å²) < 4.78 is 6.48. The number of ether oxygens (including phenoxy) is 1. The Morgan fingerprint density at radius 3 is 2.19 bits per heavy atom. The number of rotatable bonds is 3. The second kappa shape index (κ2) is 6.18. The molecule has 0 aliphatic heterocycles. The summed E-state index contributed by atoms with van der Waals surface area (Å²) in [4.78, 5) is 12.6. The lowest BCUT2D eigenvalue weighted by Gasteiger charge is -2.23. The van der Waals surface area contributed by atoms with E-state index in [9.17, 15) is 4.79 Å². The van der Waals surface area contributed by atoms with Crippen molar-refractivity contribution in [3.05, 3.63) is 62.7 Å². The first kappa shape index (κ1) is 16.0. The SMILES string of the molecule is COc1c(I)cc(C(=O)c2ccccc2)cc1C(C)(C)C. The zero-order valence-electron chi connectivity index (χ0n) is 12.7. The fraction of sp³-hybridized carbons (Fsp3) is 0.278. The van der Waals surface area contributed by atoms with E-state index in [1.165, 1.54) is 0 Å². The van der Waals surface area contributed by atoms with E-state index in [2.05, 4.69) is 43.4 Å². The Bertz CT molecular complexity index is 655. The quantitative estimate of drug-likeness (QED) is 0.551. The summed E-state index contributed by atoms with van der Waals surface area (Å²) in [7, 11) is 1.67. The van der Waals surface area contributed by atoms with E-state index in [1.807, 2.05) is 42.5 Å². The first-order valence-corrected chi connectivity index (χ1v) is 7.90. The van der Waals surface area contributed by atoms with E-state index < -0.39 is 0 Å². The molecule has 0 saturated carbocycles. The number of hydrogen-bond acceptors (Lipinski definition) is 2. The van der Waals surface area contributed by atoms with Crippen LogP contribution in [0.4, 0.5) is 0 Å². The van der Waals surface area contributed by atoms with Gasteiger partial charge in [0.15, 0.2) is 5.78 Å². The van der Waals surface area contributed by atoms with E-state index in [0.717, 1.165) is 14.9 Å². The Morgan fingerprint density at radius 1 is 1.05 bits per heavy atom. The van der Waals surface area contributed by atoms with E-state index in [4.69, 9.17) is 4.74 Å². The van der Waals surface area contributed by atoms with Crippen molar-refractivity contribution in [2.45, 2.75) is 26.2 Å². The fourth-order valence-electron chi connectivity index (χ4n) is 2.25. The highest BCUT2D eigenvalue weighted by molar-refractivity contribution is 14.1. The topological polar surface area (TPSA) is 26.3 Å². The second-order valence-electron chi connectivity index (χ2n) is 5.98. The van der Waals surface area contributed by atoms with Gasteiger partial charge in [-0.15, -0.1) is 0 Å². The minimum atomic E-state index is -0.0851. The molecule has 0 heterocycles. The van der Waals surface area contributed by atoms with Gasteiger partial charge >= 0.3 is 0 Å². The van der Waals surface area contributed by atoms with Gasteiger partial charge in [0.25, 0.3) is 0 Å². The molecule has 0 bridgehead atoms. The lowest BCUT2D eigenvalue weighted by molar-refractivity contribution is 0.103. The van der Waals surface area contributed by atoms with Crippen LogP contribution in [0.3, 0.4) is 0 Å². The molecule has 0 radical (unpaired) electrons. The number of hydrogen-bond donors (Lipinski definition) is 0. The second-order valence-corrected chi connectivity index (χ2v) is 7.15. The molecule has 21 heavy (non-hydrogen) atoms. The Kier molecular flexibility index (Phi) is 4.71. The van der Waals surface area contributed by atoms with Crippen LogP contribution in [0.1, 0.15) is 42.3 Å². The van der Waals surface area contributed by atoms with Crippen molar-refractivity contribution < 1.29 is 9.53 Å². The summed E-state index contributed by atoms with van der Waals surface area (Å²) in [6.45, 7) is 6.37. The predicted octanol–water partition coefficient (Wildman–Crippen LogP) is 4.83. The zero-order valence-corrected chi connectivity index (χ0v) is 14.9. The summed E-state index contributed by atoms with van der Waals surface area (Å²) >= 11 is 2.23. The minimum absolute atomic E-state index is 0.0432. The first-order valence-electron chi connectivity index (χ1n) is 6.82. The molecule has 2 aromatic carbocycles. The van der Waals surface area contributed by atoms with Crippen molar-refractivity contribution in [2.75, 3.05) is 7.11 Å². The van der Waals surface area contributed by atoms with Crippen molar-refractivity contribution >= 4 is 28.4 Å². The van der Waals surface area contributed by atoms with Crippen molar-refractivity contribution in [3.8, 4) is 5.75 Å². The molecule has 0 aliphatic carbocycles. The maximum Gasteiger partial charge on any atom is 0.193 e. The number of carbonyl (C=O) groups is 1. The summed E-state index contributed by atoms with van der Waals surface area (Å²) in [6.07, 6.45) is 0. The maximum atomic E-state index is 12.6. The molecular weight excluding hydrogens is 375 g/mol. The lowest BCUT2D eigenvalue weighted by atomic mass is 9.84. The van der Waals surface area contributed by atoms with E-state index in [-0.39, 0.29) is 11.2 Å². The van der Waals surface area contributed by atoms with Gasteiger partial charge < -0.3 is 4.74 Å². The Hall–Kier alpha value is -1.36. The highest BCUT2D eigenvalue weighted by atomic mass is 127. The van der Waals surface area contributed by atoms with Gasteiger partial charge in [0.2, 0.25) is 0 Å². The molecule has 0 saturated heterocycles. The van der Waals surface area contributed by atoms with Crippen molar-refractivity contribution in [1.29, 1.82) is 0 Å². The first-order chi connectivity index (χ1) is 9.84. The van der Waals surface area contributed by atoms with Crippen molar-refractivity contribution in [2.24, 2.45) is 0 Å². The molecule has 110 valence electrons. The molecule has 0 amide bonds. The zero-order chi connectivity index (χ0) is 15.6. The Balaban J connectivity index is 2.57. The molecule has 2 aromatic rings. The summed E-state index contributed by atoms with van der Waals surface area (Å²) in [6, 6.07) is 13.2. The van der Waals surface area contributed by atoms with Crippen LogP contribution in [0.2, 0.25) is 0 Å². The summed E-state index contributed by atoms with van der Waals surface area (Å²) in [5.74, 6) is 0.898. The summed E-state index contributed by atoms with van der Waals surface area (Å²) in [5, 5.41) is 0. The van der Waals surface area contributed by atoms with Gasteiger partial charge in [0.1, 0.15) is 5.75 Å². The van der Waals surface area contributed by atoms with Crippen LogP contribution < -0.4 is 4.74 Å². The van der Waals surface area contributed by atoms with Crippen LogP contribution in [0.5, 0.6) is 5.75 Å². The van der Waals surface area contributed by atoms with Gasteiger partial charge in [-0.3, -0.25) is 4.79 Å². The van der Waals surface area contributed by atoms with Gasteiger partial charge in [-0.1, -0.05) is 51.1 Å².